The van der Waals surface area contributed by atoms with Crippen LogP contribution in [0.25, 0.3) is 10.9 Å². The molecule has 0 bridgehead atoms. The monoisotopic (exact) mass is 342 g/mol. The number of aromatic nitrogens is 1. The zero-order valence-electron chi connectivity index (χ0n) is 13.4. The lowest BCUT2D eigenvalue weighted by molar-refractivity contribution is -0.120. The van der Waals surface area contributed by atoms with E-state index in [1.165, 1.54) is 0 Å². The van der Waals surface area contributed by atoms with Gasteiger partial charge in [-0.1, -0.05) is 29.8 Å². The lowest BCUT2D eigenvalue weighted by Crippen LogP contribution is -2.27. The Labute approximate surface area is 145 Å². The van der Waals surface area contributed by atoms with Gasteiger partial charge in [0, 0.05) is 28.7 Å². The molecule has 2 aromatic carbocycles. The number of methoxy groups -OCH3 is 1. The fraction of sp³-hybridized carbons (Fsp3) is 0.211. The Balaban J connectivity index is 1.53. The lowest BCUT2D eigenvalue weighted by Gasteiger charge is -2.06. The molecule has 1 amide bonds. The minimum Gasteiger partial charge on any atom is -0.497 e. The Morgan fingerprint density at radius 1 is 1.21 bits per heavy atom. The first-order valence-electron chi connectivity index (χ1n) is 7.81. The van der Waals surface area contributed by atoms with Crippen molar-refractivity contribution in [3.8, 4) is 5.75 Å². The number of hydrogen-bond donors (Lipinski definition) is 2. The molecule has 0 aliphatic carbocycles. The first-order chi connectivity index (χ1) is 11.7. The van der Waals surface area contributed by atoms with E-state index in [1.807, 2.05) is 48.7 Å². The molecule has 5 heteroatoms. The standard InChI is InChI=1S/C19H19ClN2O2/c1-24-16-5-2-13(3-6-16)8-9-21-19(23)10-14-12-22-18-11-15(20)4-7-17(14)18/h2-7,11-12,22H,8-10H2,1H3,(H,21,23). The Hall–Kier alpha value is -2.46. The number of hydrogen-bond acceptors (Lipinski definition) is 2. The molecule has 1 aromatic heterocycles. The second-order valence-electron chi connectivity index (χ2n) is 5.63. The van der Waals surface area contributed by atoms with E-state index in [0.717, 1.165) is 34.2 Å². The summed E-state index contributed by atoms with van der Waals surface area (Å²) in [4.78, 5) is 15.3. The molecule has 0 aliphatic rings. The third-order valence-corrected chi connectivity index (χ3v) is 4.21. The molecule has 0 saturated heterocycles. The molecule has 0 spiro atoms. The number of benzene rings is 2. The van der Waals surface area contributed by atoms with E-state index in [-0.39, 0.29) is 5.91 Å². The van der Waals surface area contributed by atoms with Gasteiger partial charge in [-0.3, -0.25) is 4.79 Å². The Kier molecular flexibility index (Phi) is 5.06. The summed E-state index contributed by atoms with van der Waals surface area (Å²) in [5, 5.41) is 4.68. The number of ether oxygens (including phenoxy) is 1. The summed E-state index contributed by atoms with van der Waals surface area (Å²) in [7, 11) is 1.65. The minimum atomic E-state index is 0.0133. The summed E-state index contributed by atoms with van der Waals surface area (Å²) in [5.41, 5.74) is 3.09. The number of rotatable bonds is 6. The summed E-state index contributed by atoms with van der Waals surface area (Å²) < 4.78 is 5.13. The summed E-state index contributed by atoms with van der Waals surface area (Å²) in [6.45, 7) is 0.610. The predicted octanol–water partition coefficient (Wildman–Crippen LogP) is 3.73. The van der Waals surface area contributed by atoms with Crippen molar-refractivity contribution in [1.29, 1.82) is 0 Å². The first-order valence-corrected chi connectivity index (χ1v) is 8.18. The van der Waals surface area contributed by atoms with Gasteiger partial charge in [0.05, 0.1) is 13.5 Å². The van der Waals surface area contributed by atoms with E-state index in [1.54, 1.807) is 7.11 Å². The number of H-pyrrole nitrogens is 1. The molecule has 0 saturated carbocycles. The highest BCUT2D eigenvalue weighted by molar-refractivity contribution is 6.31. The molecule has 3 aromatic rings. The highest BCUT2D eigenvalue weighted by atomic mass is 35.5. The van der Waals surface area contributed by atoms with Crippen LogP contribution in [0.2, 0.25) is 5.02 Å². The number of nitrogens with one attached hydrogen (secondary N) is 2. The lowest BCUT2D eigenvalue weighted by atomic mass is 10.1. The highest BCUT2D eigenvalue weighted by Gasteiger charge is 2.09. The average molecular weight is 343 g/mol. The number of carbonyl (C=O) groups excluding carboxylic acids is 1. The van der Waals surface area contributed by atoms with Crippen LogP contribution >= 0.6 is 11.6 Å². The molecule has 0 fully saturated rings. The first kappa shape index (κ1) is 16.4. The van der Waals surface area contributed by atoms with Gasteiger partial charge >= 0.3 is 0 Å². The van der Waals surface area contributed by atoms with Crippen LogP contribution in [0.5, 0.6) is 5.75 Å². The smallest absolute Gasteiger partial charge is 0.224 e. The van der Waals surface area contributed by atoms with Gasteiger partial charge in [0.2, 0.25) is 5.91 Å². The van der Waals surface area contributed by atoms with Crippen molar-refractivity contribution in [3.05, 3.63) is 64.8 Å². The number of amides is 1. The van der Waals surface area contributed by atoms with E-state index in [0.29, 0.717) is 18.0 Å². The Morgan fingerprint density at radius 2 is 2.00 bits per heavy atom. The summed E-state index contributed by atoms with van der Waals surface area (Å²) in [6, 6.07) is 13.5. The van der Waals surface area contributed by atoms with Gasteiger partial charge in [-0.2, -0.15) is 0 Å². The highest BCUT2D eigenvalue weighted by Crippen LogP contribution is 2.22. The molecule has 0 unspecified atom stereocenters. The van der Waals surface area contributed by atoms with Crippen molar-refractivity contribution >= 4 is 28.4 Å². The fourth-order valence-corrected chi connectivity index (χ4v) is 2.85. The molecule has 3 rings (SSSR count). The molecule has 0 aliphatic heterocycles. The number of fused-ring (bicyclic) bond motifs is 1. The van der Waals surface area contributed by atoms with Crippen LogP contribution in [0, 0.1) is 0 Å². The van der Waals surface area contributed by atoms with Crippen LogP contribution in [-0.4, -0.2) is 24.5 Å². The number of aromatic amines is 1. The van der Waals surface area contributed by atoms with Gasteiger partial charge < -0.3 is 15.0 Å². The zero-order valence-corrected chi connectivity index (χ0v) is 14.2. The van der Waals surface area contributed by atoms with Crippen molar-refractivity contribution in [2.75, 3.05) is 13.7 Å². The summed E-state index contributed by atoms with van der Waals surface area (Å²) in [5.74, 6) is 0.849. The largest absolute Gasteiger partial charge is 0.497 e. The van der Waals surface area contributed by atoms with Crippen molar-refractivity contribution in [1.82, 2.24) is 10.3 Å². The molecule has 0 atom stereocenters. The quantitative estimate of drug-likeness (QED) is 0.717. The predicted molar refractivity (Wildman–Crippen MR) is 96.7 cm³/mol. The topological polar surface area (TPSA) is 54.1 Å². The Bertz CT molecular complexity index is 840. The van der Waals surface area contributed by atoms with Crippen LogP contribution in [0.4, 0.5) is 0 Å². The van der Waals surface area contributed by atoms with Crippen LogP contribution in [0.1, 0.15) is 11.1 Å². The van der Waals surface area contributed by atoms with Gasteiger partial charge in [0.15, 0.2) is 0 Å². The number of carbonyl (C=O) groups is 1. The van der Waals surface area contributed by atoms with Gasteiger partial charge in [0.25, 0.3) is 0 Å². The summed E-state index contributed by atoms with van der Waals surface area (Å²) >= 11 is 5.97. The fourth-order valence-electron chi connectivity index (χ4n) is 2.68. The molecular formula is C19H19ClN2O2. The maximum atomic E-state index is 12.1. The Morgan fingerprint density at radius 3 is 2.75 bits per heavy atom. The molecule has 2 N–H and O–H groups in total. The van der Waals surface area contributed by atoms with E-state index in [2.05, 4.69) is 10.3 Å². The van der Waals surface area contributed by atoms with E-state index < -0.39 is 0 Å². The second-order valence-corrected chi connectivity index (χ2v) is 6.07. The average Bonchev–Trinajstić information content (AvgIpc) is 2.97. The second kappa shape index (κ2) is 7.41. The molecule has 124 valence electrons. The van der Waals surface area contributed by atoms with Gasteiger partial charge in [0.1, 0.15) is 5.75 Å². The van der Waals surface area contributed by atoms with Crippen molar-refractivity contribution < 1.29 is 9.53 Å². The van der Waals surface area contributed by atoms with Crippen molar-refractivity contribution in [2.45, 2.75) is 12.8 Å². The van der Waals surface area contributed by atoms with Crippen molar-refractivity contribution in [3.63, 3.8) is 0 Å². The maximum absolute atomic E-state index is 12.1. The van der Waals surface area contributed by atoms with E-state index in [9.17, 15) is 4.79 Å². The third kappa shape index (κ3) is 3.89. The molecular weight excluding hydrogens is 324 g/mol. The number of halogens is 1. The van der Waals surface area contributed by atoms with E-state index in [4.69, 9.17) is 16.3 Å². The normalized spacial score (nSPS) is 10.8. The van der Waals surface area contributed by atoms with E-state index >= 15 is 0 Å². The summed E-state index contributed by atoms with van der Waals surface area (Å²) in [6.07, 6.45) is 3.01. The maximum Gasteiger partial charge on any atom is 0.224 e. The van der Waals surface area contributed by atoms with Crippen LogP contribution in [0.3, 0.4) is 0 Å². The molecule has 4 nitrogen and oxygen atoms in total. The van der Waals surface area contributed by atoms with Crippen LogP contribution in [-0.2, 0) is 17.6 Å². The minimum absolute atomic E-state index is 0.0133. The zero-order chi connectivity index (χ0) is 16.9. The van der Waals surface area contributed by atoms with Gasteiger partial charge in [-0.05, 0) is 41.8 Å². The van der Waals surface area contributed by atoms with Crippen molar-refractivity contribution in [2.24, 2.45) is 0 Å². The van der Waals surface area contributed by atoms with Gasteiger partial charge in [-0.25, -0.2) is 0 Å². The molecule has 24 heavy (non-hydrogen) atoms. The molecule has 1 heterocycles. The molecule has 0 radical (unpaired) electrons. The SMILES string of the molecule is COc1ccc(CCNC(=O)Cc2c[nH]c3cc(Cl)ccc23)cc1. The van der Waals surface area contributed by atoms with Gasteiger partial charge in [-0.15, -0.1) is 0 Å². The van der Waals surface area contributed by atoms with Crippen LogP contribution in [0.15, 0.2) is 48.7 Å². The third-order valence-electron chi connectivity index (χ3n) is 3.98. The van der Waals surface area contributed by atoms with Crippen LogP contribution < -0.4 is 10.1 Å².